The van der Waals surface area contributed by atoms with E-state index in [0.29, 0.717) is 42.6 Å². The number of esters is 2. The molecule has 7 heteroatoms. The standard InChI is InChI=1S/C26H33NO6/c1-26(2,3)23(28)13-10-18(22-17-20(14-15-27-22)24(29)32-5)7-6-16-33-25(30)19-8-11-21(31-4)12-9-19/h8-9,11-12,14-15,17-18H,6-7,10,13,16H2,1-5H3. The fourth-order valence-corrected chi connectivity index (χ4v) is 3.34. The van der Waals surface area contributed by atoms with Crippen molar-refractivity contribution in [3.63, 3.8) is 0 Å². The molecular weight excluding hydrogens is 422 g/mol. The van der Waals surface area contributed by atoms with E-state index in [9.17, 15) is 14.4 Å². The van der Waals surface area contributed by atoms with Gasteiger partial charge in [0, 0.05) is 29.6 Å². The minimum Gasteiger partial charge on any atom is -0.497 e. The first-order chi connectivity index (χ1) is 15.7. The molecule has 1 aromatic heterocycles. The van der Waals surface area contributed by atoms with Crippen LogP contribution in [0.25, 0.3) is 0 Å². The van der Waals surface area contributed by atoms with Gasteiger partial charge in [-0.25, -0.2) is 9.59 Å². The summed E-state index contributed by atoms with van der Waals surface area (Å²) in [4.78, 5) is 41.1. The molecule has 2 aromatic rings. The molecule has 1 aromatic carbocycles. The third-order valence-electron chi connectivity index (χ3n) is 5.43. The smallest absolute Gasteiger partial charge is 0.338 e. The van der Waals surface area contributed by atoms with Gasteiger partial charge in [0.25, 0.3) is 0 Å². The van der Waals surface area contributed by atoms with Gasteiger partial charge >= 0.3 is 11.9 Å². The molecule has 0 amide bonds. The van der Waals surface area contributed by atoms with Crippen molar-refractivity contribution in [1.82, 2.24) is 4.98 Å². The molecule has 0 radical (unpaired) electrons. The molecule has 2 rings (SSSR count). The Bertz CT molecular complexity index is 946. The Hall–Kier alpha value is -3.22. The normalized spacial score (nSPS) is 12.0. The van der Waals surface area contributed by atoms with Gasteiger partial charge in [0.05, 0.1) is 32.0 Å². The fraction of sp³-hybridized carbons (Fsp3) is 0.462. The van der Waals surface area contributed by atoms with Gasteiger partial charge in [-0.15, -0.1) is 0 Å². The molecule has 0 saturated heterocycles. The van der Waals surface area contributed by atoms with Crippen molar-refractivity contribution in [2.24, 2.45) is 5.41 Å². The summed E-state index contributed by atoms with van der Waals surface area (Å²) in [7, 11) is 2.90. The van der Waals surface area contributed by atoms with Crippen LogP contribution in [0, 0.1) is 5.41 Å². The second-order valence-electron chi connectivity index (χ2n) is 8.88. The molecule has 1 atom stereocenters. The first-order valence-electron chi connectivity index (χ1n) is 11.0. The number of aromatic nitrogens is 1. The minimum absolute atomic E-state index is 0.0550. The lowest BCUT2D eigenvalue weighted by Gasteiger charge is -2.20. The molecule has 0 saturated carbocycles. The molecule has 33 heavy (non-hydrogen) atoms. The maximum absolute atomic E-state index is 12.5. The number of methoxy groups -OCH3 is 2. The van der Waals surface area contributed by atoms with E-state index >= 15 is 0 Å². The summed E-state index contributed by atoms with van der Waals surface area (Å²) in [5, 5.41) is 0. The van der Waals surface area contributed by atoms with E-state index in [1.165, 1.54) is 7.11 Å². The van der Waals surface area contributed by atoms with Crippen LogP contribution in [0.2, 0.25) is 0 Å². The maximum Gasteiger partial charge on any atom is 0.338 e. The number of hydrogen-bond acceptors (Lipinski definition) is 7. The predicted octanol–water partition coefficient (Wildman–Crippen LogP) is 4.99. The summed E-state index contributed by atoms with van der Waals surface area (Å²) >= 11 is 0. The molecular formula is C26H33NO6. The highest BCUT2D eigenvalue weighted by Crippen LogP contribution is 2.28. The number of Topliss-reactive ketones (excluding diaryl/α,β-unsaturated/α-hetero) is 1. The lowest BCUT2D eigenvalue weighted by atomic mass is 9.84. The van der Waals surface area contributed by atoms with Gasteiger partial charge in [0.2, 0.25) is 0 Å². The van der Waals surface area contributed by atoms with Gasteiger partial charge in [-0.3, -0.25) is 9.78 Å². The third-order valence-corrected chi connectivity index (χ3v) is 5.43. The fourth-order valence-electron chi connectivity index (χ4n) is 3.34. The molecule has 0 aliphatic heterocycles. The second-order valence-corrected chi connectivity index (χ2v) is 8.88. The van der Waals surface area contributed by atoms with Crippen LogP contribution < -0.4 is 4.74 Å². The average molecular weight is 456 g/mol. The number of carbonyl (C=O) groups excluding carboxylic acids is 3. The van der Waals surface area contributed by atoms with Crippen LogP contribution in [0.3, 0.4) is 0 Å². The summed E-state index contributed by atoms with van der Waals surface area (Å²) in [5.74, 6) is -0.0523. The van der Waals surface area contributed by atoms with Gasteiger partial charge in [0.15, 0.2) is 0 Å². The number of ether oxygens (including phenoxy) is 3. The quantitative estimate of drug-likeness (QED) is 0.348. The Balaban J connectivity index is 2.01. The van der Waals surface area contributed by atoms with Crippen LogP contribution >= 0.6 is 0 Å². The summed E-state index contributed by atoms with van der Waals surface area (Å²) in [5.41, 5.74) is 1.18. The molecule has 0 fully saturated rings. The zero-order valence-corrected chi connectivity index (χ0v) is 20.1. The number of pyridine rings is 1. The van der Waals surface area contributed by atoms with Gasteiger partial charge in [-0.1, -0.05) is 20.8 Å². The molecule has 1 unspecified atom stereocenters. The number of rotatable bonds is 11. The Kier molecular flexibility index (Phi) is 9.57. The summed E-state index contributed by atoms with van der Waals surface area (Å²) in [6.07, 6.45) is 3.83. The highest BCUT2D eigenvalue weighted by molar-refractivity contribution is 5.90. The summed E-state index contributed by atoms with van der Waals surface area (Å²) in [6, 6.07) is 10.0. The van der Waals surface area contributed by atoms with Crippen molar-refractivity contribution in [1.29, 1.82) is 0 Å². The Morgan fingerprint density at radius 2 is 1.64 bits per heavy atom. The lowest BCUT2D eigenvalue weighted by molar-refractivity contribution is -0.126. The van der Waals surface area contributed by atoms with Crippen LogP contribution in [0.4, 0.5) is 0 Å². The average Bonchev–Trinajstić information content (AvgIpc) is 2.82. The van der Waals surface area contributed by atoms with Gasteiger partial charge in [-0.2, -0.15) is 0 Å². The van der Waals surface area contributed by atoms with Crippen LogP contribution in [-0.4, -0.2) is 43.5 Å². The first kappa shape index (κ1) is 26.0. The van der Waals surface area contributed by atoms with E-state index in [1.54, 1.807) is 49.7 Å². The van der Waals surface area contributed by atoms with Crippen LogP contribution in [0.15, 0.2) is 42.6 Å². The number of nitrogens with zero attached hydrogens (tertiary/aromatic N) is 1. The van der Waals surface area contributed by atoms with Crippen LogP contribution in [-0.2, 0) is 14.3 Å². The molecule has 0 aliphatic carbocycles. The maximum atomic E-state index is 12.5. The molecule has 0 aliphatic rings. The number of carbonyl (C=O) groups is 3. The van der Waals surface area contributed by atoms with Crippen molar-refractivity contribution in [3.8, 4) is 5.75 Å². The van der Waals surface area contributed by atoms with Crippen molar-refractivity contribution < 1.29 is 28.6 Å². The van der Waals surface area contributed by atoms with Gasteiger partial charge in [0.1, 0.15) is 11.5 Å². The van der Waals surface area contributed by atoms with Crippen molar-refractivity contribution >= 4 is 17.7 Å². The van der Waals surface area contributed by atoms with Crippen LogP contribution in [0.1, 0.15) is 78.8 Å². The first-order valence-corrected chi connectivity index (χ1v) is 11.0. The van der Waals surface area contributed by atoms with Crippen molar-refractivity contribution in [2.45, 2.75) is 52.4 Å². The second kappa shape index (κ2) is 12.1. The van der Waals surface area contributed by atoms with E-state index in [1.807, 2.05) is 20.8 Å². The lowest BCUT2D eigenvalue weighted by Crippen LogP contribution is -2.20. The molecule has 1 heterocycles. The van der Waals surface area contributed by atoms with E-state index in [4.69, 9.17) is 14.2 Å². The van der Waals surface area contributed by atoms with Crippen LogP contribution in [0.5, 0.6) is 5.75 Å². The highest BCUT2D eigenvalue weighted by Gasteiger charge is 2.23. The Morgan fingerprint density at radius 1 is 0.939 bits per heavy atom. The van der Waals surface area contributed by atoms with E-state index in [-0.39, 0.29) is 18.3 Å². The molecule has 0 N–H and O–H groups in total. The summed E-state index contributed by atoms with van der Waals surface area (Å²) in [6.45, 7) is 5.95. The Labute approximate surface area is 195 Å². The third kappa shape index (κ3) is 8.00. The minimum atomic E-state index is -0.434. The highest BCUT2D eigenvalue weighted by atomic mass is 16.5. The van der Waals surface area contributed by atoms with Gasteiger partial charge in [-0.05, 0) is 55.7 Å². The Morgan fingerprint density at radius 3 is 2.24 bits per heavy atom. The molecule has 178 valence electrons. The number of ketones is 1. The van der Waals surface area contributed by atoms with E-state index < -0.39 is 17.4 Å². The summed E-state index contributed by atoms with van der Waals surface area (Å²) < 4.78 is 15.3. The zero-order valence-electron chi connectivity index (χ0n) is 20.1. The predicted molar refractivity (Wildman–Crippen MR) is 125 cm³/mol. The van der Waals surface area contributed by atoms with Crippen molar-refractivity contribution in [3.05, 3.63) is 59.4 Å². The SMILES string of the molecule is COC(=O)c1ccnc(C(CCCOC(=O)c2ccc(OC)cc2)CCC(=O)C(C)(C)C)c1. The van der Waals surface area contributed by atoms with E-state index in [2.05, 4.69) is 4.98 Å². The van der Waals surface area contributed by atoms with Crippen molar-refractivity contribution in [2.75, 3.05) is 20.8 Å². The zero-order chi connectivity index (χ0) is 24.4. The molecule has 0 spiro atoms. The van der Waals surface area contributed by atoms with E-state index in [0.717, 1.165) is 5.69 Å². The monoisotopic (exact) mass is 455 g/mol. The number of benzene rings is 1. The largest absolute Gasteiger partial charge is 0.497 e. The topological polar surface area (TPSA) is 91.8 Å². The molecule has 0 bridgehead atoms. The molecule has 7 nitrogen and oxygen atoms in total. The van der Waals surface area contributed by atoms with Gasteiger partial charge < -0.3 is 14.2 Å². The number of hydrogen-bond donors (Lipinski definition) is 0.